The van der Waals surface area contributed by atoms with Crippen LogP contribution in [0.5, 0.6) is 0 Å². The van der Waals surface area contributed by atoms with Gasteiger partial charge < -0.3 is 10.4 Å². The Hall–Kier alpha value is -3.14. The number of hydrogen-bond donors (Lipinski definition) is 2. The van der Waals surface area contributed by atoms with Gasteiger partial charge in [0.05, 0.1) is 38.9 Å². The van der Waals surface area contributed by atoms with Crippen molar-refractivity contribution in [3.63, 3.8) is 0 Å². The van der Waals surface area contributed by atoms with E-state index in [0.717, 1.165) is 5.56 Å². The fourth-order valence-electron chi connectivity index (χ4n) is 3.98. The first-order valence-corrected chi connectivity index (χ1v) is 12.1. The molecule has 0 spiro atoms. The van der Waals surface area contributed by atoms with E-state index >= 15 is 0 Å². The number of rotatable bonds is 6. The number of anilines is 1. The predicted octanol–water partition coefficient (Wildman–Crippen LogP) is 2.04. The van der Waals surface area contributed by atoms with Crippen molar-refractivity contribution in [2.75, 3.05) is 5.32 Å². The predicted molar refractivity (Wildman–Crippen MR) is 148 cm³/mol. The highest BCUT2D eigenvalue weighted by Crippen LogP contribution is 2.48. The van der Waals surface area contributed by atoms with Crippen LogP contribution in [0.1, 0.15) is 37.6 Å². The lowest BCUT2D eigenvalue weighted by Crippen LogP contribution is -2.38. The molecular weight excluding hydrogens is 477 g/mol. The summed E-state index contributed by atoms with van der Waals surface area (Å²) in [4.78, 5) is 25.1. The molecule has 0 bridgehead atoms. The SMILES string of the molecule is CC.[B]C([B])([B])C([B])([B])C(O)c1cc(C)c(-c2cc3cnc(NC(=O)[C@H]4CC4F)cc3n3ncnc23)cn1. The van der Waals surface area contributed by atoms with Gasteiger partial charge in [0, 0.05) is 58.5 Å². The fraction of sp³-hybridized carbons (Fsp3) is 0.375. The summed E-state index contributed by atoms with van der Waals surface area (Å²) < 4.78 is 14.8. The van der Waals surface area contributed by atoms with Crippen molar-refractivity contribution in [1.29, 1.82) is 0 Å². The number of alkyl halides is 1. The number of aliphatic hydroxyl groups is 1. The van der Waals surface area contributed by atoms with Gasteiger partial charge in [0.15, 0.2) is 5.65 Å². The van der Waals surface area contributed by atoms with E-state index in [1.807, 2.05) is 26.8 Å². The van der Waals surface area contributed by atoms with Crippen LogP contribution in [-0.4, -0.2) is 81.0 Å². The number of aliphatic hydroxyl groups excluding tert-OH is 1. The molecule has 1 amide bonds. The average Bonchev–Trinajstić information content (AvgIpc) is 3.40. The minimum atomic E-state index is -2.07. The Morgan fingerprint density at radius 1 is 1.11 bits per heavy atom. The lowest BCUT2D eigenvalue weighted by Gasteiger charge is -2.45. The standard InChI is InChI=1S/C22H16B5FN6O2.C2H6/c1-9-2-15(18(35)21(23,24)22(25,26)27)29-7-13(9)11-3-10-6-30-17(33-20(36)12-4-14(12)28)5-16(10)34-19(11)31-8-32-34;1-2/h2-3,5-8,12,14,18,35H,4H2,1H3,(H,30,33,36);1-2H3/t12-,14?,18?;/m0./s1. The number of aromatic nitrogens is 5. The summed E-state index contributed by atoms with van der Waals surface area (Å²) in [5.74, 6) is -0.747. The summed E-state index contributed by atoms with van der Waals surface area (Å²) in [6.45, 7) is 5.81. The average molecular weight is 500 g/mol. The summed E-state index contributed by atoms with van der Waals surface area (Å²) in [5, 5.41) is 14.2. The molecule has 8 nitrogen and oxygen atoms in total. The van der Waals surface area contributed by atoms with Crippen molar-refractivity contribution in [2.45, 2.75) is 49.8 Å². The number of halogens is 1. The maximum Gasteiger partial charge on any atom is 0.231 e. The molecule has 1 aliphatic rings. The first kappa shape index (κ1) is 27.9. The normalized spacial score (nSPS) is 18.0. The van der Waals surface area contributed by atoms with Crippen molar-refractivity contribution >= 4 is 67.5 Å². The van der Waals surface area contributed by atoms with E-state index in [1.54, 1.807) is 22.8 Å². The number of nitrogens with zero attached hydrogens (tertiary/aromatic N) is 5. The van der Waals surface area contributed by atoms with Crippen molar-refractivity contribution in [3.8, 4) is 11.1 Å². The van der Waals surface area contributed by atoms with Crippen molar-refractivity contribution in [3.05, 3.63) is 48.2 Å². The summed E-state index contributed by atoms with van der Waals surface area (Å²) in [7, 11) is 28.7. The third-order valence-electron chi connectivity index (χ3n) is 6.43. The maximum atomic E-state index is 13.2. The molecule has 10 radical (unpaired) electrons. The van der Waals surface area contributed by atoms with Crippen LogP contribution in [0.2, 0.25) is 10.3 Å². The van der Waals surface area contributed by atoms with E-state index in [4.69, 9.17) is 39.2 Å². The number of hydrogen-bond acceptors (Lipinski definition) is 6. The van der Waals surface area contributed by atoms with Gasteiger partial charge in [0.1, 0.15) is 18.3 Å². The van der Waals surface area contributed by atoms with E-state index < -0.39 is 34.4 Å². The number of fused-ring (bicyclic) bond motifs is 3. The van der Waals surface area contributed by atoms with Gasteiger partial charge in [-0.05, 0) is 31.0 Å². The van der Waals surface area contributed by atoms with Crippen LogP contribution in [0.25, 0.3) is 27.7 Å². The quantitative estimate of drug-likeness (QED) is 0.394. The molecule has 1 saturated carbocycles. The number of nitrogens with one attached hydrogen (secondary N) is 1. The monoisotopic (exact) mass is 500 g/mol. The van der Waals surface area contributed by atoms with Crippen LogP contribution in [0.4, 0.5) is 10.2 Å². The van der Waals surface area contributed by atoms with Crippen LogP contribution in [0, 0.1) is 12.8 Å². The van der Waals surface area contributed by atoms with Crippen LogP contribution in [0.3, 0.4) is 0 Å². The topological polar surface area (TPSA) is 105 Å². The molecular formula is C24H22B5FN6O2. The van der Waals surface area contributed by atoms with E-state index in [-0.39, 0.29) is 17.9 Å². The van der Waals surface area contributed by atoms with Gasteiger partial charge in [0.2, 0.25) is 5.91 Å². The molecule has 0 aromatic carbocycles. The Bertz CT molecular complexity index is 1510. The molecule has 14 heteroatoms. The summed E-state index contributed by atoms with van der Waals surface area (Å²) in [6, 6.07) is 5.11. The van der Waals surface area contributed by atoms with Gasteiger partial charge in [-0.1, -0.05) is 19.1 Å². The van der Waals surface area contributed by atoms with Crippen molar-refractivity contribution in [2.24, 2.45) is 5.92 Å². The molecule has 3 atom stereocenters. The molecule has 38 heavy (non-hydrogen) atoms. The first-order valence-electron chi connectivity index (χ1n) is 12.1. The van der Waals surface area contributed by atoms with E-state index in [9.17, 15) is 14.3 Å². The maximum absolute atomic E-state index is 13.2. The largest absolute Gasteiger partial charge is 0.388 e. The molecule has 2 unspecified atom stereocenters. The van der Waals surface area contributed by atoms with Gasteiger partial charge in [-0.25, -0.2) is 18.9 Å². The third kappa shape index (κ3) is 4.98. The molecule has 2 N–H and O–H groups in total. The molecule has 0 saturated heterocycles. The Balaban J connectivity index is 0.00000164. The summed E-state index contributed by atoms with van der Waals surface area (Å²) in [5.41, 5.74) is 3.41. The van der Waals surface area contributed by atoms with E-state index in [1.165, 1.54) is 12.5 Å². The zero-order chi connectivity index (χ0) is 28.0. The van der Waals surface area contributed by atoms with E-state index in [0.29, 0.717) is 27.7 Å². The van der Waals surface area contributed by atoms with Crippen LogP contribution in [-0.2, 0) is 4.79 Å². The molecule has 4 aromatic heterocycles. The second-order valence-corrected chi connectivity index (χ2v) is 9.22. The lowest BCUT2D eigenvalue weighted by molar-refractivity contribution is -0.117. The Labute approximate surface area is 226 Å². The fourth-order valence-corrected chi connectivity index (χ4v) is 3.98. The Morgan fingerprint density at radius 3 is 2.39 bits per heavy atom. The molecule has 4 aromatic rings. The summed E-state index contributed by atoms with van der Waals surface area (Å²) >= 11 is 0. The van der Waals surface area contributed by atoms with Crippen LogP contribution < -0.4 is 5.32 Å². The molecule has 1 fully saturated rings. The zero-order valence-corrected chi connectivity index (χ0v) is 21.3. The number of amides is 1. The van der Waals surface area contributed by atoms with Crippen LogP contribution in [0.15, 0.2) is 36.9 Å². The summed E-state index contributed by atoms with van der Waals surface area (Å²) in [6.07, 6.45) is 2.09. The Kier molecular flexibility index (Phi) is 7.49. The highest BCUT2D eigenvalue weighted by molar-refractivity contribution is 6.67. The smallest absolute Gasteiger partial charge is 0.231 e. The first-order chi connectivity index (χ1) is 17.9. The molecule has 5 rings (SSSR count). The zero-order valence-electron chi connectivity index (χ0n) is 21.3. The van der Waals surface area contributed by atoms with Gasteiger partial charge in [-0.3, -0.25) is 9.78 Å². The number of pyridine rings is 3. The molecule has 4 heterocycles. The number of aryl methyl sites for hydroxylation is 1. The second kappa shape index (κ2) is 10.2. The molecule has 182 valence electrons. The highest BCUT2D eigenvalue weighted by Gasteiger charge is 2.43. The highest BCUT2D eigenvalue weighted by atomic mass is 19.1. The van der Waals surface area contributed by atoms with Gasteiger partial charge >= 0.3 is 0 Å². The number of carbonyl (C=O) groups is 1. The van der Waals surface area contributed by atoms with E-state index in [2.05, 4.69) is 25.4 Å². The second-order valence-electron chi connectivity index (χ2n) is 9.22. The lowest BCUT2D eigenvalue weighted by atomic mass is 9.22. The number of carbonyl (C=O) groups excluding carboxylic acids is 1. The Morgan fingerprint density at radius 2 is 1.79 bits per heavy atom. The minimum absolute atomic E-state index is 0.137. The van der Waals surface area contributed by atoms with Crippen molar-refractivity contribution in [1.82, 2.24) is 24.6 Å². The minimum Gasteiger partial charge on any atom is -0.388 e. The van der Waals surface area contributed by atoms with Gasteiger partial charge in [-0.2, -0.15) is 5.10 Å². The van der Waals surface area contributed by atoms with Crippen molar-refractivity contribution < 1.29 is 14.3 Å². The van der Waals surface area contributed by atoms with Gasteiger partial charge in [0.25, 0.3) is 0 Å². The third-order valence-corrected chi connectivity index (χ3v) is 6.43. The molecule has 0 aliphatic heterocycles. The molecule has 1 aliphatic carbocycles. The van der Waals surface area contributed by atoms with Gasteiger partial charge in [-0.15, -0.1) is 5.11 Å². The van der Waals surface area contributed by atoms with Crippen LogP contribution >= 0.6 is 0 Å².